The SMILES string of the molecule is Cc1cc(Cn2ccc3ccc(CNC(C)C)cc32)on1. The molecule has 0 radical (unpaired) electrons. The molecule has 0 saturated heterocycles. The average Bonchev–Trinajstić information content (AvgIpc) is 3.04. The molecule has 0 bridgehead atoms. The van der Waals surface area contributed by atoms with E-state index < -0.39 is 0 Å². The van der Waals surface area contributed by atoms with E-state index in [1.807, 2.05) is 13.0 Å². The van der Waals surface area contributed by atoms with Gasteiger partial charge in [-0.2, -0.15) is 0 Å². The van der Waals surface area contributed by atoms with E-state index in [1.54, 1.807) is 0 Å². The van der Waals surface area contributed by atoms with Crippen molar-refractivity contribution in [1.29, 1.82) is 0 Å². The van der Waals surface area contributed by atoms with Gasteiger partial charge in [0.1, 0.15) is 0 Å². The predicted octanol–water partition coefficient (Wildman–Crippen LogP) is 3.48. The fourth-order valence-corrected chi connectivity index (χ4v) is 2.46. The zero-order chi connectivity index (χ0) is 14.8. The third-order valence-electron chi connectivity index (χ3n) is 3.56. The predicted molar refractivity (Wildman–Crippen MR) is 84.3 cm³/mol. The molecule has 0 aliphatic carbocycles. The van der Waals surface area contributed by atoms with Crippen molar-refractivity contribution in [2.24, 2.45) is 0 Å². The summed E-state index contributed by atoms with van der Waals surface area (Å²) in [5.41, 5.74) is 3.44. The van der Waals surface area contributed by atoms with E-state index in [9.17, 15) is 0 Å². The van der Waals surface area contributed by atoms with Crippen molar-refractivity contribution in [2.45, 2.75) is 39.9 Å². The molecular weight excluding hydrogens is 262 g/mol. The Morgan fingerprint density at radius 1 is 1.24 bits per heavy atom. The fraction of sp³-hybridized carbons (Fsp3) is 0.353. The van der Waals surface area contributed by atoms with Gasteiger partial charge in [-0.05, 0) is 30.0 Å². The van der Waals surface area contributed by atoms with Crippen molar-refractivity contribution in [3.63, 3.8) is 0 Å². The highest BCUT2D eigenvalue weighted by Crippen LogP contribution is 2.19. The van der Waals surface area contributed by atoms with Crippen LogP contribution in [0, 0.1) is 6.92 Å². The van der Waals surface area contributed by atoms with Crippen molar-refractivity contribution in [3.05, 3.63) is 53.5 Å². The first kappa shape index (κ1) is 13.9. The van der Waals surface area contributed by atoms with Gasteiger partial charge in [-0.3, -0.25) is 0 Å². The molecule has 1 aromatic carbocycles. The minimum atomic E-state index is 0.490. The molecule has 110 valence electrons. The van der Waals surface area contributed by atoms with E-state index >= 15 is 0 Å². The molecule has 3 rings (SSSR count). The van der Waals surface area contributed by atoms with Gasteiger partial charge in [0.15, 0.2) is 5.76 Å². The van der Waals surface area contributed by atoms with E-state index in [1.165, 1.54) is 16.5 Å². The molecule has 2 heterocycles. The Kier molecular flexibility index (Phi) is 3.80. The fourth-order valence-electron chi connectivity index (χ4n) is 2.46. The molecule has 2 aromatic heterocycles. The van der Waals surface area contributed by atoms with E-state index in [2.05, 4.69) is 59.4 Å². The van der Waals surface area contributed by atoms with Gasteiger partial charge >= 0.3 is 0 Å². The molecule has 0 amide bonds. The Morgan fingerprint density at radius 3 is 2.81 bits per heavy atom. The third-order valence-corrected chi connectivity index (χ3v) is 3.56. The highest BCUT2D eigenvalue weighted by atomic mass is 16.5. The lowest BCUT2D eigenvalue weighted by Crippen LogP contribution is -2.21. The van der Waals surface area contributed by atoms with Gasteiger partial charge in [-0.25, -0.2) is 0 Å². The summed E-state index contributed by atoms with van der Waals surface area (Å²) in [6, 6.07) is 11.2. The van der Waals surface area contributed by atoms with Gasteiger partial charge < -0.3 is 14.4 Å². The molecule has 0 unspecified atom stereocenters. The van der Waals surface area contributed by atoms with Crippen LogP contribution in [0.2, 0.25) is 0 Å². The van der Waals surface area contributed by atoms with Crippen LogP contribution < -0.4 is 5.32 Å². The van der Waals surface area contributed by atoms with Crippen molar-refractivity contribution in [1.82, 2.24) is 15.0 Å². The minimum Gasteiger partial charge on any atom is -0.359 e. The summed E-state index contributed by atoms with van der Waals surface area (Å²) >= 11 is 0. The first-order valence-corrected chi connectivity index (χ1v) is 7.35. The summed E-state index contributed by atoms with van der Waals surface area (Å²) in [5.74, 6) is 0.885. The second-order valence-electron chi connectivity index (χ2n) is 5.81. The molecule has 1 N–H and O–H groups in total. The first-order valence-electron chi connectivity index (χ1n) is 7.35. The summed E-state index contributed by atoms with van der Waals surface area (Å²) < 4.78 is 7.52. The molecule has 0 aliphatic heterocycles. The number of aromatic nitrogens is 2. The summed E-state index contributed by atoms with van der Waals surface area (Å²) in [6.07, 6.45) is 2.10. The third kappa shape index (κ3) is 3.16. The normalized spacial score (nSPS) is 11.6. The lowest BCUT2D eigenvalue weighted by Gasteiger charge is -2.09. The second kappa shape index (κ2) is 5.74. The van der Waals surface area contributed by atoms with Gasteiger partial charge in [-0.1, -0.05) is 31.1 Å². The largest absolute Gasteiger partial charge is 0.359 e. The van der Waals surface area contributed by atoms with Crippen molar-refractivity contribution in [2.75, 3.05) is 0 Å². The van der Waals surface area contributed by atoms with Crippen LogP contribution in [0.3, 0.4) is 0 Å². The number of benzene rings is 1. The second-order valence-corrected chi connectivity index (χ2v) is 5.81. The molecule has 0 aliphatic rings. The maximum absolute atomic E-state index is 5.31. The lowest BCUT2D eigenvalue weighted by atomic mass is 10.1. The average molecular weight is 283 g/mol. The minimum absolute atomic E-state index is 0.490. The van der Waals surface area contributed by atoms with E-state index in [0.29, 0.717) is 12.6 Å². The number of rotatable bonds is 5. The highest BCUT2D eigenvalue weighted by molar-refractivity contribution is 5.80. The van der Waals surface area contributed by atoms with Crippen LogP contribution in [0.4, 0.5) is 0 Å². The summed E-state index contributed by atoms with van der Waals surface area (Å²) in [6.45, 7) is 7.86. The topological polar surface area (TPSA) is 43.0 Å². The monoisotopic (exact) mass is 283 g/mol. The number of aryl methyl sites for hydroxylation is 1. The Balaban J connectivity index is 1.86. The number of fused-ring (bicyclic) bond motifs is 1. The van der Waals surface area contributed by atoms with Gasteiger partial charge in [0.25, 0.3) is 0 Å². The maximum atomic E-state index is 5.31. The van der Waals surface area contributed by atoms with E-state index in [0.717, 1.165) is 18.0 Å². The first-order chi connectivity index (χ1) is 10.1. The lowest BCUT2D eigenvalue weighted by molar-refractivity contribution is 0.374. The smallest absolute Gasteiger partial charge is 0.156 e. The van der Waals surface area contributed by atoms with Gasteiger partial charge in [0.05, 0.1) is 12.2 Å². The Hall–Kier alpha value is -2.07. The molecule has 0 fully saturated rings. The number of hydrogen-bond acceptors (Lipinski definition) is 3. The summed E-state index contributed by atoms with van der Waals surface area (Å²) in [5, 5.41) is 8.65. The molecule has 21 heavy (non-hydrogen) atoms. The van der Waals surface area contributed by atoms with Crippen LogP contribution in [0.1, 0.15) is 30.9 Å². The zero-order valence-corrected chi connectivity index (χ0v) is 12.8. The van der Waals surface area contributed by atoms with Crippen LogP contribution in [-0.2, 0) is 13.1 Å². The highest BCUT2D eigenvalue weighted by Gasteiger charge is 2.06. The van der Waals surface area contributed by atoms with Gasteiger partial charge in [-0.15, -0.1) is 0 Å². The Labute approximate surface area is 124 Å². The molecule has 4 heteroatoms. The number of nitrogens with one attached hydrogen (secondary N) is 1. The van der Waals surface area contributed by atoms with E-state index in [-0.39, 0.29) is 0 Å². The van der Waals surface area contributed by atoms with E-state index in [4.69, 9.17) is 4.52 Å². The van der Waals surface area contributed by atoms with Crippen molar-refractivity contribution >= 4 is 10.9 Å². The molecule has 4 nitrogen and oxygen atoms in total. The zero-order valence-electron chi connectivity index (χ0n) is 12.8. The van der Waals surface area contributed by atoms with Gasteiger partial charge in [0.2, 0.25) is 0 Å². The maximum Gasteiger partial charge on any atom is 0.156 e. The van der Waals surface area contributed by atoms with Crippen molar-refractivity contribution < 1.29 is 4.52 Å². The van der Waals surface area contributed by atoms with Crippen molar-refractivity contribution in [3.8, 4) is 0 Å². The van der Waals surface area contributed by atoms with Crippen LogP contribution in [0.15, 0.2) is 41.1 Å². The summed E-state index contributed by atoms with van der Waals surface area (Å²) in [7, 11) is 0. The number of hydrogen-bond donors (Lipinski definition) is 1. The van der Waals surface area contributed by atoms with Crippen LogP contribution in [0.25, 0.3) is 10.9 Å². The van der Waals surface area contributed by atoms with Crippen LogP contribution in [-0.4, -0.2) is 15.8 Å². The van der Waals surface area contributed by atoms with Gasteiger partial charge in [0, 0.05) is 30.4 Å². The molecule has 0 atom stereocenters. The van der Waals surface area contributed by atoms with Crippen LogP contribution in [0.5, 0.6) is 0 Å². The molecule has 0 spiro atoms. The molecule has 3 aromatic rings. The molecule has 0 saturated carbocycles. The summed E-state index contributed by atoms with van der Waals surface area (Å²) in [4.78, 5) is 0. The molecular formula is C17H21N3O. The quantitative estimate of drug-likeness (QED) is 0.779. The standard InChI is InChI=1S/C17H21N3O/c1-12(2)18-10-14-4-5-15-6-7-20(17(15)9-14)11-16-8-13(3)19-21-16/h4-9,12,18H,10-11H2,1-3H3. The van der Waals surface area contributed by atoms with Crippen LogP contribution >= 0.6 is 0 Å². The Bertz CT molecular complexity index is 739. The Morgan fingerprint density at radius 2 is 2.10 bits per heavy atom. The number of nitrogens with zero attached hydrogens (tertiary/aromatic N) is 2.